The van der Waals surface area contributed by atoms with Crippen molar-refractivity contribution in [1.82, 2.24) is 10.6 Å². The Kier molecular flexibility index (Phi) is 10.5. The number of nitrogens with two attached hydrogens (primary N) is 1. The first kappa shape index (κ1) is 29.8. The summed E-state index contributed by atoms with van der Waals surface area (Å²) in [4.78, 5) is 0. The van der Waals surface area contributed by atoms with Crippen molar-refractivity contribution in [2.24, 2.45) is 58.0 Å². The molecule has 0 radical (unpaired) electrons. The van der Waals surface area contributed by atoms with E-state index < -0.39 is 0 Å². The van der Waals surface area contributed by atoms with Crippen LogP contribution in [-0.4, -0.2) is 43.4 Å². The molecule has 4 aliphatic rings. The minimum absolute atomic E-state index is 0.0757. The number of aliphatic hydroxyl groups excluding tert-OH is 1. The van der Waals surface area contributed by atoms with Crippen molar-refractivity contribution in [3.63, 3.8) is 0 Å². The smallest absolute Gasteiger partial charge is 0.0577 e. The van der Waals surface area contributed by atoms with Gasteiger partial charge in [0, 0.05) is 6.04 Å². The number of hydrogen-bond donors (Lipinski definition) is 4. The predicted molar refractivity (Wildman–Crippen MR) is 157 cm³/mol. The topological polar surface area (TPSA) is 70.3 Å². The van der Waals surface area contributed by atoms with Crippen molar-refractivity contribution in [2.45, 2.75) is 130 Å². The molecule has 4 fully saturated rings. The van der Waals surface area contributed by atoms with Crippen LogP contribution in [0.15, 0.2) is 0 Å². The number of rotatable bonds is 13. The number of fused-ring (bicyclic) bond motifs is 5. The summed E-state index contributed by atoms with van der Waals surface area (Å²) in [5.74, 6) is 5.27. The van der Waals surface area contributed by atoms with Gasteiger partial charge >= 0.3 is 0 Å². The van der Waals surface area contributed by atoms with Gasteiger partial charge in [-0.15, -0.1) is 0 Å². The van der Waals surface area contributed by atoms with Crippen LogP contribution >= 0.6 is 0 Å². The quantitative estimate of drug-likeness (QED) is 0.214. The zero-order valence-corrected chi connectivity index (χ0v) is 25.2. The summed E-state index contributed by atoms with van der Waals surface area (Å²) in [6.07, 6.45) is 16.9. The minimum Gasteiger partial charge on any atom is -0.393 e. The lowest BCUT2D eigenvalue weighted by Gasteiger charge is -2.62. The molecule has 37 heavy (non-hydrogen) atoms. The molecule has 0 aromatic carbocycles. The van der Waals surface area contributed by atoms with Gasteiger partial charge in [0.25, 0.3) is 0 Å². The largest absolute Gasteiger partial charge is 0.393 e. The molecule has 4 unspecified atom stereocenters. The monoisotopic (exact) mass is 517 g/mol. The molecule has 0 aromatic heterocycles. The molecule has 4 nitrogen and oxygen atoms in total. The van der Waals surface area contributed by atoms with Crippen molar-refractivity contribution in [3.8, 4) is 0 Å². The van der Waals surface area contributed by atoms with E-state index in [4.69, 9.17) is 5.73 Å². The minimum atomic E-state index is -0.0757. The molecule has 0 aromatic rings. The van der Waals surface area contributed by atoms with Gasteiger partial charge in [0.2, 0.25) is 0 Å². The van der Waals surface area contributed by atoms with Gasteiger partial charge in [0.05, 0.1) is 6.10 Å². The third kappa shape index (κ3) is 6.44. The fourth-order valence-corrected chi connectivity index (χ4v) is 10.3. The van der Waals surface area contributed by atoms with Crippen LogP contribution in [0.2, 0.25) is 0 Å². The third-order valence-electron chi connectivity index (χ3n) is 12.4. The van der Waals surface area contributed by atoms with Crippen LogP contribution < -0.4 is 16.4 Å². The van der Waals surface area contributed by atoms with Gasteiger partial charge in [-0.2, -0.15) is 0 Å². The molecule has 4 saturated carbocycles. The highest BCUT2D eigenvalue weighted by Crippen LogP contribution is 2.68. The molecular weight excluding hydrogens is 454 g/mol. The van der Waals surface area contributed by atoms with E-state index in [-0.39, 0.29) is 6.10 Å². The molecule has 0 bridgehead atoms. The Hall–Kier alpha value is -0.160. The van der Waals surface area contributed by atoms with Crippen LogP contribution in [0, 0.1) is 52.3 Å². The maximum Gasteiger partial charge on any atom is 0.0577 e. The Bertz CT molecular complexity index is 699. The lowest BCUT2D eigenvalue weighted by molar-refractivity contribution is -0.167. The number of nitrogens with one attached hydrogen (secondary N) is 2. The van der Waals surface area contributed by atoms with E-state index >= 15 is 0 Å². The van der Waals surface area contributed by atoms with E-state index in [0.717, 1.165) is 68.6 Å². The summed E-state index contributed by atoms with van der Waals surface area (Å²) in [5.41, 5.74) is 6.48. The highest BCUT2D eigenvalue weighted by Gasteiger charge is 2.62. The van der Waals surface area contributed by atoms with Gasteiger partial charge in [0.1, 0.15) is 0 Å². The van der Waals surface area contributed by atoms with Crippen molar-refractivity contribution >= 4 is 0 Å². The lowest BCUT2D eigenvalue weighted by Crippen LogP contribution is -2.59. The van der Waals surface area contributed by atoms with Crippen LogP contribution in [-0.2, 0) is 0 Å². The van der Waals surface area contributed by atoms with E-state index in [9.17, 15) is 5.11 Å². The maximum absolute atomic E-state index is 11.7. The Labute approximate surface area is 230 Å². The Morgan fingerprint density at radius 3 is 2.32 bits per heavy atom. The Balaban J connectivity index is 1.33. The standard InChI is InChI=1S/C33H63N3O/c1-23(2)9-6-10-24(3)27-11-12-28-31-29(14-16-33(27,28)5)32(4)15-13-26(21-25(32)22-30(31)37)36-20-8-19-35-18-7-17-34/h23-31,35-37H,6-22,34H2,1-5H3/t24-,25-,26?,27-,28?,29?,30+,31?,32+,33-/m1/s1. The van der Waals surface area contributed by atoms with Crippen molar-refractivity contribution in [3.05, 3.63) is 0 Å². The van der Waals surface area contributed by atoms with Gasteiger partial charge < -0.3 is 21.5 Å². The summed E-state index contributed by atoms with van der Waals surface area (Å²) >= 11 is 0. The molecule has 0 heterocycles. The fourth-order valence-electron chi connectivity index (χ4n) is 10.3. The second kappa shape index (κ2) is 13.0. The van der Waals surface area contributed by atoms with Crippen LogP contribution in [0.5, 0.6) is 0 Å². The molecular formula is C33H63N3O. The van der Waals surface area contributed by atoms with Crippen LogP contribution in [0.1, 0.15) is 118 Å². The predicted octanol–water partition coefficient (Wildman–Crippen LogP) is 6.37. The van der Waals surface area contributed by atoms with Crippen LogP contribution in [0.25, 0.3) is 0 Å². The molecule has 216 valence electrons. The molecule has 4 rings (SSSR count). The maximum atomic E-state index is 11.7. The number of hydrogen-bond acceptors (Lipinski definition) is 4. The second-order valence-electron chi connectivity index (χ2n) is 15.0. The van der Waals surface area contributed by atoms with Crippen molar-refractivity contribution in [2.75, 3.05) is 26.2 Å². The zero-order valence-electron chi connectivity index (χ0n) is 25.2. The van der Waals surface area contributed by atoms with E-state index in [0.29, 0.717) is 28.7 Å². The van der Waals surface area contributed by atoms with E-state index in [1.807, 2.05) is 0 Å². The third-order valence-corrected chi connectivity index (χ3v) is 12.4. The normalized spacial score (nSPS) is 42.3. The summed E-state index contributed by atoms with van der Waals surface area (Å²) in [7, 11) is 0. The second-order valence-corrected chi connectivity index (χ2v) is 15.0. The highest BCUT2D eigenvalue weighted by molar-refractivity contribution is 5.12. The van der Waals surface area contributed by atoms with Gasteiger partial charge in [-0.25, -0.2) is 0 Å². The van der Waals surface area contributed by atoms with E-state index in [1.54, 1.807) is 0 Å². The Morgan fingerprint density at radius 1 is 0.838 bits per heavy atom. The van der Waals surface area contributed by atoms with Gasteiger partial charge in [0.15, 0.2) is 0 Å². The molecule has 10 atom stereocenters. The first-order valence-corrected chi connectivity index (χ1v) is 16.5. The summed E-state index contributed by atoms with van der Waals surface area (Å²) in [6, 6.07) is 0.641. The van der Waals surface area contributed by atoms with Gasteiger partial charge in [-0.1, -0.05) is 53.9 Å². The van der Waals surface area contributed by atoms with Crippen molar-refractivity contribution < 1.29 is 5.11 Å². The molecule has 0 amide bonds. The average molecular weight is 518 g/mol. The van der Waals surface area contributed by atoms with Crippen molar-refractivity contribution in [1.29, 1.82) is 0 Å². The summed E-state index contributed by atoms with van der Waals surface area (Å²) < 4.78 is 0. The summed E-state index contributed by atoms with van der Waals surface area (Å²) in [6.45, 7) is 16.6. The lowest BCUT2D eigenvalue weighted by atomic mass is 9.43. The van der Waals surface area contributed by atoms with E-state index in [1.165, 1.54) is 70.6 Å². The number of aliphatic hydroxyl groups is 1. The Morgan fingerprint density at radius 2 is 1.57 bits per heavy atom. The highest BCUT2D eigenvalue weighted by atomic mass is 16.3. The first-order valence-electron chi connectivity index (χ1n) is 16.5. The summed E-state index contributed by atoms with van der Waals surface area (Å²) in [5, 5.41) is 19.1. The van der Waals surface area contributed by atoms with Gasteiger partial charge in [-0.3, -0.25) is 0 Å². The SMILES string of the molecule is CC(C)CCC[C@@H](C)[C@H]1CCC2C3C(CC[C@@]21C)[C@@]1(C)CCC(NCCCNCCCN)C[C@@H]1C[C@@H]3O. The molecule has 0 spiro atoms. The molecule has 0 aliphatic heterocycles. The molecule has 0 saturated heterocycles. The fraction of sp³-hybridized carbons (Fsp3) is 1.00. The van der Waals surface area contributed by atoms with Gasteiger partial charge in [-0.05, 0) is 143 Å². The molecule has 5 N–H and O–H groups in total. The molecule has 4 aliphatic carbocycles. The average Bonchev–Trinajstić information content (AvgIpc) is 3.21. The zero-order chi connectivity index (χ0) is 26.6. The van der Waals surface area contributed by atoms with E-state index in [2.05, 4.69) is 45.3 Å². The first-order chi connectivity index (χ1) is 17.7. The van der Waals surface area contributed by atoms with Crippen LogP contribution in [0.4, 0.5) is 0 Å². The van der Waals surface area contributed by atoms with Crippen LogP contribution in [0.3, 0.4) is 0 Å². The molecule has 4 heteroatoms.